The van der Waals surface area contributed by atoms with Crippen molar-refractivity contribution in [3.8, 4) is 0 Å². The zero-order valence-electron chi connectivity index (χ0n) is 7.73. The zero-order chi connectivity index (χ0) is 9.40. The van der Waals surface area contributed by atoms with Crippen LogP contribution in [0.5, 0.6) is 0 Å². The maximum atomic E-state index is 3.91. The van der Waals surface area contributed by atoms with Crippen LogP contribution in [-0.4, -0.2) is 13.1 Å². The van der Waals surface area contributed by atoms with Gasteiger partial charge in [-0.15, -0.1) is 0 Å². The van der Waals surface area contributed by atoms with E-state index < -0.39 is 0 Å². The van der Waals surface area contributed by atoms with Gasteiger partial charge >= 0.3 is 0 Å². The smallest absolute Gasteiger partial charge is 0.0199 e. The Kier molecular flexibility index (Phi) is 7.11. The molecule has 0 amide bonds. The molecule has 0 aliphatic carbocycles. The first-order chi connectivity index (χ1) is 5.70. The number of nitrogens with one attached hydrogen (secondary N) is 1. The van der Waals surface area contributed by atoms with Gasteiger partial charge < -0.3 is 5.32 Å². The molecule has 0 saturated carbocycles. The van der Waals surface area contributed by atoms with Crippen LogP contribution in [0.25, 0.3) is 0 Å². The van der Waals surface area contributed by atoms with Crippen molar-refractivity contribution in [1.29, 1.82) is 0 Å². The summed E-state index contributed by atoms with van der Waals surface area (Å²) in [5.74, 6) is 0. The van der Waals surface area contributed by atoms with Gasteiger partial charge in [0.2, 0.25) is 0 Å². The van der Waals surface area contributed by atoms with Crippen molar-refractivity contribution in [2.24, 2.45) is 0 Å². The third-order valence-electron chi connectivity index (χ3n) is 1.27. The molecular formula is C10H16BrN. The summed E-state index contributed by atoms with van der Waals surface area (Å²) in [6.07, 6.45) is 6.00. The van der Waals surface area contributed by atoms with Crippen molar-refractivity contribution in [3.63, 3.8) is 0 Å². The molecule has 0 heterocycles. The summed E-state index contributed by atoms with van der Waals surface area (Å²) >= 11 is 3.42. The quantitative estimate of drug-likeness (QED) is 0.716. The summed E-state index contributed by atoms with van der Waals surface area (Å²) in [4.78, 5) is 0. The largest absolute Gasteiger partial charge is 0.313 e. The lowest BCUT2D eigenvalue weighted by atomic mass is 10.2. The normalized spacial score (nSPS) is 12.4. The van der Waals surface area contributed by atoms with Crippen molar-refractivity contribution in [2.45, 2.75) is 13.8 Å². The summed E-state index contributed by atoms with van der Waals surface area (Å²) < 4.78 is 1.06. The molecule has 1 N–H and O–H groups in total. The highest BCUT2D eigenvalue weighted by atomic mass is 79.9. The molecule has 0 aromatic heterocycles. The van der Waals surface area contributed by atoms with E-state index in [9.17, 15) is 0 Å². The molecule has 0 fully saturated rings. The molecule has 0 rings (SSSR count). The van der Waals surface area contributed by atoms with Gasteiger partial charge in [-0.3, -0.25) is 0 Å². The molecule has 0 bridgehead atoms. The molecule has 2 heteroatoms. The molecule has 12 heavy (non-hydrogen) atoms. The Labute approximate surface area is 83.4 Å². The lowest BCUT2D eigenvalue weighted by molar-refractivity contribution is 0.786. The van der Waals surface area contributed by atoms with Gasteiger partial charge in [0, 0.05) is 11.0 Å². The van der Waals surface area contributed by atoms with E-state index in [4.69, 9.17) is 0 Å². The Bertz CT molecular complexity index is 192. The van der Waals surface area contributed by atoms with Crippen LogP contribution in [0.3, 0.4) is 0 Å². The first kappa shape index (κ1) is 11.7. The molecule has 0 radical (unpaired) electrons. The van der Waals surface area contributed by atoms with Crippen LogP contribution in [-0.2, 0) is 0 Å². The van der Waals surface area contributed by atoms with Crippen LogP contribution in [0.15, 0.2) is 34.9 Å². The molecule has 0 saturated heterocycles. The Balaban J connectivity index is 3.88. The Morgan fingerprint density at radius 2 is 2.25 bits per heavy atom. The predicted octanol–water partition coefficient (Wildman–Crippen LogP) is 3.01. The lowest BCUT2D eigenvalue weighted by Gasteiger charge is -2.00. The maximum absolute atomic E-state index is 3.91. The van der Waals surface area contributed by atoms with Gasteiger partial charge in [0.25, 0.3) is 0 Å². The molecular weight excluding hydrogens is 214 g/mol. The van der Waals surface area contributed by atoms with E-state index in [0.717, 1.165) is 23.1 Å². The van der Waals surface area contributed by atoms with Crippen LogP contribution in [0.4, 0.5) is 0 Å². The lowest BCUT2D eigenvalue weighted by Crippen LogP contribution is -2.14. The van der Waals surface area contributed by atoms with Crippen LogP contribution in [0.2, 0.25) is 0 Å². The Hall–Kier alpha value is -0.340. The number of rotatable bonds is 5. The average Bonchev–Trinajstić information content (AvgIpc) is 2.01. The first-order valence-electron chi connectivity index (χ1n) is 4.09. The summed E-state index contributed by atoms with van der Waals surface area (Å²) in [5, 5.41) is 3.21. The van der Waals surface area contributed by atoms with Crippen molar-refractivity contribution < 1.29 is 0 Å². The van der Waals surface area contributed by atoms with Crippen LogP contribution >= 0.6 is 15.9 Å². The summed E-state index contributed by atoms with van der Waals surface area (Å²) in [5.41, 5.74) is 1.09. The van der Waals surface area contributed by atoms with E-state index in [-0.39, 0.29) is 0 Å². The van der Waals surface area contributed by atoms with Crippen LogP contribution in [0.1, 0.15) is 13.8 Å². The standard InChI is InChI=1S/C10H16BrN/c1-4-6-10(11)7-9(3)8-12-5-2/h4,6-7,12H,3,5,8H2,1-2H3/b6-4-,10-7+. The third kappa shape index (κ3) is 6.38. The monoisotopic (exact) mass is 229 g/mol. The minimum Gasteiger partial charge on any atom is -0.313 e. The summed E-state index contributed by atoms with van der Waals surface area (Å²) in [6, 6.07) is 0. The third-order valence-corrected chi connectivity index (χ3v) is 1.76. The molecule has 0 aliphatic heterocycles. The van der Waals surface area contributed by atoms with Crippen molar-refractivity contribution in [2.75, 3.05) is 13.1 Å². The second-order valence-electron chi connectivity index (χ2n) is 2.47. The fourth-order valence-corrected chi connectivity index (χ4v) is 1.33. The van der Waals surface area contributed by atoms with E-state index in [2.05, 4.69) is 34.7 Å². The molecule has 0 aromatic rings. The van der Waals surface area contributed by atoms with Crippen molar-refractivity contribution >= 4 is 15.9 Å². The van der Waals surface area contributed by atoms with E-state index in [1.54, 1.807) is 0 Å². The SMILES string of the molecule is C=C(/C=C(Br)\C=C/C)CNCC. The zero-order valence-corrected chi connectivity index (χ0v) is 9.32. The topological polar surface area (TPSA) is 12.0 Å². The molecule has 0 unspecified atom stereocenters. The average molecular weight is 230 g/mol. The van der Waals surface area contributed by atoms with Crippen LogP contribution in [0, 0.1) is 0 Å². The fraction of sp³-hybridized carbons (Fsp3) is 0.400. The summed E-state index contributed by atoms with van der Waals surface area (Å²) in [7, 11) is 0. The molecule has 68 valence electrons. The van der Waals surface area contributed by atoms with Crippen molar-refractivity contribution in [1.82, 2.24) is 5.32 Å². The highest BCUT2D eigenvalue weighted by Crippen LogP contribution is 2.09. The van der Waals surface area contributed by atoms with E-state index >= 15 is 0 Å². The number of hydrogen-bond acceptors (Lipinski definition) is 1. The van der Waals surface area contributed by atoms with Crippen molar-refractivity contribution in [3.05, 3.63) is 34.9 Å². The number of allylic oxidation sites excluding steroid dienone is 3. The Morgan fingerprint density at radius 1 is 1.58 bits per heavy atom. The molecule has 0 atom stereocenters. The van der Waals surface area contributed by atoms with Gasteiger partial charge in [-0.2, -0.15) is 0 Å². The number of hydrogen-bond donors (Lipinski definition) is 1. The number of halogens is 1. The van der Waals surface area contributed by atoms with Gasteiger partial charge in [-0.1, -0.05) is 41.6 Å². The molecule has 0 aliphatic rings. The van der Waals surface area contributed by atoms with Crippen LogP contribution < -0.4 is 5.32 Å². The highest BCUT2D eigenvalue weighted by Gasteiger charge is 1.89. The molecule has 1 nitrogen and oxygen atoms in total. The number of likely N-dealkylation sites (N-methyl/N-ethyl adjacent to an activating group) is 1. The molecule has 0 spiro atoms. The van der Waals surface area contributed by atoms with Gasteiger partial charge in [0.05, 0.1) is 0 Å². The van der Waals surface area contributed by atoms with Gasteiger partial charge in [-0.05, 0) is 25.1 Å². The van der Waals surface area contributed by atoms with Gasteiger partial charge in [0.15, 0.2) is 0 Å². The maximum Gasteiger partial charge on any atom is 0.0199 e. The predicted molar refractivity (Wildman–Crippen MR) is 59.5 cm³/mol. The molecule has 0 aromatic carbocycles. The van der Waals surface area contributed by atoms with E-state index in [0.29, 0.717) is 0 Å². The van der Waals surface area contributed by atoms with Gasteiger partial charge in [0.1, 0.15) is 0 Å². The van der Waals surface area contributed by atoms with Gasteiger partial charge in [-0.25, -0.2) is 0 Å². The highest BCUT2D eigenvalue weighted by molar-refractivity contribution is 9.11. The van der Waals surface area contributed by atoms with E-state index in [1.165, 1.54) is 0 Å². The second-order valence-corrected chi connectivity index (χ2v) is 3.38. The minimum absolute atomic E-state index is 0.850. The Morgan fingerprint density at radius 3 is 2.75 bits per heavy atom. The van der Waals surface area contributed by atoms with E-state index in [1.807, 2.05) is 25.2 Å². The minimum atomic E-state index is 0.850. The first-order valence-corrected chi connectivity index (χ1v) is 4.88. The second kappa shape index (κ2) is 7.32. The fourth-order valence-electron chi connectivity index (χ4n) is 0.739. The summed E-state index contributed by atoms with van der Waals surface area (Å²) in [6.45, 7) is 9.81.